The lowest BCUT2D eigenvalue weighted by Crippen LogP contribution is -2.51. The van der Waals surface area contributed by atoms with Crippen molar-refractivity contribution >= 4 is 5.97 Å². The van der Waals surface area contributed by atoms with Crippen molar-refractivity contribution in [2.24, 2.45) is 11.8 Å². The van der Waals surface area contributed by atoms with Crippen LogP contribution in [0.25, 0.3) is 0 Å². The number of aliphatic hydroxyl groups is 1. The molecule has 3 fully saturated rings. The van der Waals surface area contributed by atoms with Gasteiger partial charge in [-0.3, -0.25) is 9.69 Å². The normalized spacial score (nSPS) is 41.6. The number of hydrogen-bond acceptors (Lipinski definition) is 3. The van der Waals surface area contributed by atoms with Gasteiger partial charge in [0.15, 0.2) is 0 Å². The Morgan fingerprint density at radius 3 is 2.41 bits per heavy atom. The third-order valence-electron chi connectivity index (χ3n) is 6.49. The van der Waals surface area contributed by atoms with E-state index in [2.05, 4.69) is 11.8 Å². The standard InChI is InChI=1S/C18H31NO3/c1-12-7-9-16(13-5-3-2-4-6-13)19(12)14-8-10-17(20)15(11-14)18(21)22/h12-17,20H,2-11H2,1H3,(H,21,22). The maximum Gasteiger partial charge on any atom is 0.309 e. The first kappa shape index (κ1) is 16.3. The Balaban J connectivity index is 1.71. The maximum absolute atomic E-state index is 11.4. The Morgan fingerprint density at radius 2 is 1.73 bits per heavy atom. The Bertz CT molecular complexity index is 394. The molecule has 3 rings (SSSR count). The van der Waals surface area contributed by atoms with Crippen LogP contribution < -0.4 is 0 Å². The lowest BCUT2D eigenvalue weighted by Gasteiger charge is -2.44. The maximum atomic E-state index is 11.4. The second kappa shape index (κ2) is 6.88. The first-order chi connectivity index (χ1) is 10.6. The molecule has 5 atom stereocenters. The van der Waals surface area contributed by atoms with E-state index in [9.17, 15) is 15.0 Å². The zero-order valence-corrected chi connectivity index (χ0v) is 13.8. The molecule has 1 saturated heterocycles. The summed E-state index contributed by atoms with van der Waals surface area (Å²) in [4.78, 5) is 14.1. The minimum Gasteiger partial charge on any atom is -0.481 e. The first-order valence-electron chi connectivity index (χ1n) is 9.26. The van der Waals surface area contributed by atoms with Crippen LogP contribution in [0, 0.1) is 11.8 Å². The third-order valence-corrected chi connectivity index (χ3v) is 6.49. The van der Waals surface area contributed by atoms with Crippen LogP contribution in [0.15, 0.2) is 0 Å². The second-order valence-corrected chi connectivity index (χ2v) is 7.82. The van der Waals surface area contributed by atoms with Crippen LogP contribution in [-0.2, 0) is 4.79 Å². The van der Waals surface area contributed by atoms with Gasteiger partial charge < -0.3 is 10.2 Å². The monoisotopic (exact) mass is 309 g/mol. The largest absolute Gasteiger partial charge is 0.481 e. The number of carbonyl (C=O) groups is 1. The molecule has 0 bridgehead atoms. The second-order valence-electron chi connectivity index (χ2n) is 7.82. The molecule has 0 aromatic carbocycles. The van der Waals surface area contributed by atoms with Gasteiger partial charge in [-0.1, -0.05) is 19.3 Å². The minimum atomic E-state index is -0.821. The number of aliphatic carboxylic acids is 1. The Hall–Kier alpha value is -0.610. The topological polar surface area (TPSA) is 60.8 Å². The lowest BCUT2D eigenvalue weighted by atomic mass is 9.79. The summed E-state index contributed by atoms with van der Waals surface area (Å²) in [7, 11) is 0. The van der Waals surface area contributed by atoms with Crippen LogP contribution in [0.1, 0.15) is 71.1 Å². The van der Waals surface area contributed by atoms with Crippen LogP contribution in [-0.4, -0.2) is 45.3 Å². The summed E-state index contributed by atoms with van der Waals surface area (Å²) in [5.74, 6) is -0.578. The number of aliphatic hydroxyl groups excluding tert-OH is 1. The van der Waals surface area contributed by atoms with Crippen molar-refractivity contribution in [2.75, 3.05) is 0 Å². The molecule has 2 aliphatic carbocycles. The van der Waals surface area contributed by atoms with Crippen molar-refractivity contribution < 1.29 is 15.0 Å². The number of hydrogen-bond donors (Lipinski definition) is 2. The van der Waals surface area contributed by atoms with Gasteiger partial charge >= 0.3 is 5.97 Å². The van der Waals surface area contributed by atoms with Crippen LogP contribution in [0.4, 0.5) is 0 Å². The van der Waals surface area contributed by atoms with E-state index in [0.29, 0.717) is 31.0 Å². The number of carboxylic acids is 1. The fourth-order valence-corrected chi connectivity index (χ4v) is 5.33. The van der Waals surface area contributed by atoms with Gasteiger partial charge in [0, 0.05) is 18.1 Å². The van der Waals surface area contributed by atoms with E-state index in [4.69, 9.17) is 0 Å². The smallest absolute Gasteiger partial charge is 0.309 e. The van der Waals surface area contributed by atoms with E-state index in [1.807, 2.05) is 0 Å². The molecule has 0 amide bonds. The summed E-state index contributed by atoms with van der Waals surface area (Å²) in [6.07, 6.45) is 10.9. The molecule has 126 valence electrons. The van der Waals surface area contributed by atoms with Crippen LogP contribution in [0.5, 0.6) is 0 Å². The molecule has 0 aromatic rings. The number of nitrogens with zero attached hydrogens (tertiary/aromatic N) is 1. The van der Waals surface area contributed by atoms with E-state index in [1.54, 1.807) is 0 Å². The average molecular weight is 309 g/mol. The molecule has 5 unspecified atom stereocenters. The highest BCUT2D eigenvalue weighted by atomic mass is 16.4. The predicted molar refractivity (Wildman–Crippen MR) is 85.7 cm³/mol. The highest BCUT2D eigenvalue weighted by Gasteiger charge is 2.44. The van der Waals surface area contributed by atoms with Crippen molar-refractivity contribution in [3.63, 3.8) is 0 Å². The van der Waals surface area contributed by atoms with Crippen LogP contribution >= 0.6 is 0 Å². The summed E-state index contributed by atoms with van der Waals surface area (Å²) in [5.41, 5.74) is 0. The SMILES string of the molecule is CC1CCC(C2CCCCC2)N1C1CCC(O)C(C(=O)O)C1. The van der Waals surface area contributed by atoms with Crippen molar-refractivity contribution in [3.05, 3.63) is 0 Å². The van der Waals surface area contributed by atoms with Gasteiger partial charge in [0.25, 0.3) is 0 Å². The lowest BCUT2D eigenvalue weighted by molar-refractivity contribution is -0.149. The molecule has 0 aromatic heterocycles. The first-order valence-corrected chi connectivity index (χ1v) is 9.26. The average Bonchev–Trinajstić information content (AvgIpc) is 2.90. The van der Waals surface area contributed by atoms with E-state index in [0.717, 1.165) is 12.3 Å². The quantitative estimate of drug-likeness (QED) is 0.841. The van der Waals surface area contributed by atoms with Crippen molar-refractivity contribution in [2.45, 2.75) is 95.4 Å². The van der Waals surface area contributed by atoms with Crippen molar-refractivity contribution in [1.82, 2.24) is 4.90 Å². The molecule has 22 heavy (non-hydrogen) atoms. The van der Waals surface area contributed by atoms with Crippen molar-refractivity contribution in [3.8, 4) is 0 Å². The highest BCUT2D eigenvalue weighted by Crippen LogP contribution is 2.41. The Kier molecular flexibility index (Phi) is 5.08. The zero-order chi connectivity index (χ0) is 15.7. The summed E-state index contributed by atoms with van der Waals surface area (Å²) >= 11 is 0. The van der Waals surface area contributed by atoms with E-state index in [-0.39, 0.29) is 0 Å². The number of likely N-dealkylation sites (tertiary alicyclic amines) is 1. The summed E-state index contributed by atoms with van der Waals surface area (Å²) in [6, 6.07) is 1.58. The van der Waals surface area contributed by atoms with Gasteiger partial charge in [-0.05, 0) is 57.8 Å². The molecule has 2 N–H and O–H groups in total. The van der Waals surface area contributed by atoms with E-state index in [1.165, 1.54) is 44.9 Å². The van der Waals surface area contributed by atoms with Crippen LogP contribution in [0.3, 0.4) is 0 Å². The third kappa shape index (κ3) is 3.18. The molecule has 1 heterocycles. The minimum absolute atomic E-state index is 0.355. The van der Waals surface area contributed by atoms with E-state index < -0.39 is 18.0 Å². The summed E-state index contributed by atoms with van der Waals surface area (Å²) in [5, 5.41) is 19.4. The zero-order valence-electron chi connectivity index (χ0n) is 13.8. The van der Waals surface area contributed by atoms with Gasteiger partial charge in [-0.15, -0.1) is 0 Å². The fourth-order valence-electron chi connectivity index (χ4n) is 5.33. The van der Waals surface area contributed by atoms with E-state index >= 15 is 0 Å². The molecule has 0 spiro atoms. The highest BCUT2D eigenvalue weighted by molar-refractivity contribution is 5.70. The Labute approximate surface area is 133 Å². The van der Waals surface area contributed by atoms with Gasteiger partial charge in [0.1, 0.15) is 0 Å². The fraction of sp³-hybridized carbons (Fsp3) is 0.944. The number of rotatable bonds is 3. The molecule has 1 aliphatic heterocycles. The molecule has 0 radical (unpaired) electrons. The molecular weight excluding hydrogens is 278 g/mol. The van der Waals surface area contributed by atoms with Gasteiger partial charge in [0.05, 0.1) is 12.0 Å². The van der Waals surface area contributed by atoms with Gasteiger partial charge in [-0.2, -0.15) is 0 Å². The van der Waals surface area contributed by atoms with Gasteiger partial charge in [-0.25, -0.2) is 0 Å². The van der Waals surface area contributed by atoms with Crippen molar-refractivity contribution in [1.29, 1.82) is 0 Å². The molecule has 4 nitrogen and oxygen atoms in total. The predicted octanol–water partition coefficient (Wildman–Crippen LogP) is 3.03. The van der Waals surface area contributed by atoms with Crippen LogP contribution in [0.2, 0.25) is 0 Å². The molecule has 2 saturated carbocycles. The summed E-state index contributed by atoms with van der Waals surface area (Å²) in [6.45, 7) is 2.31. The molecular formula is C18H31NO3. The van der Waals surface area contributed by atoms with Gasteiger partial charge in [0.2, 0.25) is 0 Å². The molecule has 4 heteroatoms. The summed E-state index contributed by atoms with van der Waals surface area (Å²) < 4.78 is 0. The number of carboxylic acid groups (broad SMARTS) is 1. The Morgan fingerprint density at radius 1 is 1.00 bits per heavy atom. The molecule has 3 aliphatic rings.